The van der Waals surface area contributed by atoms with Crippen LogP contribution in [0.1, 0.15) is 72.1 Å². The molecule has 117 valence electrons. The van der Waals surface area contributed by atoms with Gasteiger partial charge in [-0.25, -0.2) is 0 Å². The third-order valence-electron chi connectivity index (χ3n) is 4.90. The zero-order valence-corrected chi connectivity index (χ0v) is 13.8. The normalized spacial score (nSPS) is 23.2. The summed E-state index contributed by atoms with van der Waals surface area (Å²) in [5, 5.41) is 0. The van der Waals surface area contributed by atoms with Crippen LogP contribution in [0.5, 0.6) is 0 Å². The monoisotopic (exact) mass is 289 g/mol. The van der Waals surface area contributed by atoms with Crippen molar-refractivity contribution in [3.05, 3.63) is 30.1 Å². The van der Waals surface area contributed by atoms with Crippen molar-refractivity contribution in [3.8, 4) is 0 Å². The van der Waals surface area contributed by atoms with Crippen LogP contribution in [-0.4, -0.2) is 12.6 Å². The second-order valence-electron chi connectivity index (χ2n) is 6.41. The van der Waals surface area contributed by atoms with Crippen molar-refractivity contribution in [2.75, 3.05) is 6.61 Å². The standard InChI is InChI=1S/C19H29O2/c1-4-6-9-15(5-2)13-21-19(20)18-12-16-10-7-8-11-17(16)14(18)3/h12,15H,4-11,13H2,1-3H3. The van der Waals surface area contributed by atoms with Gasteiger partial charge >= 0.3 is 5.97 Å². The third-order valence-corrected chi connectivity index (χ3v) is 4.90. The van der Waals surface area contributed by atoms with Gasteiger partial charge < -0.3 is 4.74 Å². The van der Waals surface area contributed by atoms with Crippen molar-refractivity contribution < 1.29 is 9.53 Å². The van der Waals surface area contributed by atoms with Crippen molar-refractivity contribution in [3.63, 3.8) is 0 Å². The molecule has 0 saturated heterocycles. The molecule has 2 aliphatic rings. The van der Waals surface area contributed by atoms with Gasteiger partial charge in [-0.05, 0) is 49.4 Å². The van der Waals surface area contributed by atoms with E-state index in [-0.39, 0.29) is 5.97 Å². The largest absolute Gasteiger partial charge is 0.465 e. The lowest BCUT2D eigenvalue weighted by Crippen LogP contribution is -2.22. The first kappa shape index (κ1) is 16.8. The van der Waals surface area contributed by atoms with Gasteiger partial charge in [0.05, 0.1) is 12.5 Å². The lowest BCUT2D eigenvalue weighted by Gasteiger charge is -2.26. The Labute approximate surface area is 131 Å². The fourth-order valence-corrected chi connectivity index (χ4v) is 3.34. The minimum atomic E-state index is -0.114. The van der Waals surface area contributed by atoms with E-state index < -0.39 is 0 Å². The summed E-state index contributed by atoms with van der Waals surface area (Å²) in [6.45, 7) is 7.04. The summed E-state index contributed by atoms with van der Waals surface area (Å²) in [5.74, 6) is 5.16. The van der Waals surface area contributed by atoms with Crippen LogP contribution in [0, 0.1) is 36.0 Å². The molecular weight excluding hydrogens is 260 g/mol. The van der Waals surface area contributed by atoms with Crippen LogP contribution in [0.4, 0.5) is 0 Å². The molecule has 0 amide bonds. The van der Waals surface area contributed by atoms with Gasteiger partial charge in [-0.3, -0.25) is 4.79 Å². The quantitative estimate of drug-likeness (QED) is 0.626. The maximum absolute atomic E-state index is 12.4. The molecule has 2 heteroatoms. The Kier molecular flexibility index (Phi) is 6.57. The molecule has 2 nitrogen and oxygen atoms in total. The molecule has 2 rings (SSSR count). The van der Waals surface area contributed by atoms with Gasteiger partial charge in [0.2, 0.25) is 0 Å². The van der Waals surface area contributed by atoms with Crippen LogP contribution in [0.15, 0.2) is 0 Å². The summed E-state index contributed by atoms with van der Waals surface area (Å²) in [4.78, 5) is 12.4. The number of hydrogen-bond donors (Lipinski definition) is 0. The van der Waals surface area contributed by atoms with Crippen LogP contribution >= 0.6 is 0 Å². The fourth-order valence-electron chi connectivity index (χ4n) is 3.34. The van der Waals surface area contributed by atoms with Gasteiger partial charge in [0.1, 0.15) is 0 Å². The topological polar surface area (TPSA) is 26.3 Å². The van der Waals surface area contributed by atoms with Crippen molar-refractivity contribution in [1.82, 2.24) is 0 Å². The number of rotatable bonds is 7. The first-order chi connectivity index (χ1) is 10.2. The number of fused-ring (bicyclic) bond motifs is 1. The number of carbonyl (C=O) groups excluding carboxylic acids is 1. The van der Waals surface area contributed by atoms with Crippen LogP contribution < -0.4 is 0 Å². The molecule has 0 aromatic carbocycles. The van der Waals surface area contributed by atoms with E-state index in [1.165, 1.54) is 37.5 Å². The van der Waals surface area contributed by atoms with Crippen LogP contribution in [0.2, 0.25) is 0 Å². The summed E-state index contributed by atoms with van der Waals surface area (Å²) in [6.07, 6.45) is 11.5. The average Bonchev–Trinajstić information content (AvgIpc) is 2.85. The summed E-state index contributed by atoms with van der Waals surface area (Å²) in [5.41, 5.74) is 0. The maximum Gasteiger partial charge on any atom is 0.314 e. The average molecular weight is 289 g/mol. The number of esters is 1. The SMILES string of the molecule is CCCCC(CC)COC(=O)[C]1[CH][C]2CCCC[C]2[C]1C. The second kappa shape index (κ2) is 8.19. The van der Waals surface area contributed by atoms with Crippen LogP contribution in [0.25, 0.3) is 0 Å². The second-order valence-corrected chi connectivity index (χ2v) is 6.41. The highest BCUT2D eigenvalue weighted by atomic mass is 16.5. The molecule has 2 aliphatic carbocycles. The van der Waals surface area contributed by atoms with E-state index in [9.17, 15) is 4.79 Å². The predicted octanol–water partition coefficient (Wildman–Crippen LogP) is 4.86. The van der Waals surface area contributed by atoms with Crippen molar-refractivity contribution >= 4 is 5.97 Å². The predicted molar refractivity (Wildman–Crippen MR) is 85.7 cm³/mol. The lowest BCUT2D eigenvalue weighted by atomic mass is 9.78. The van der Waals surface area contributed by atoms with Gasteiger partial charge in [-0.1, -0.05) is 52.9 Å². The van der Waals surface area contributed by atoms with E-state index in [1.54, 1.807) is 0 Å². The Bertz CT molecular complexity index is 326. The van der Waals surface area contributed by atoms with E-state index in [2.05, 4.69) is 27.2 Å². The molecular formula is C19H29O2. The molecule has 2 fully saturated rings. The lowest BCUT2D eigenvalue weighted by molar-refractivity contribution is -0.142. The minimum absolute atomic E-state index is 0.114. The number of hydrogen-bond acceptors (Lipinski definition) is 2. The highest BCUT2D eigenvalue weighted by Crippen LogP contribution is 2.53. The zero-order chi connectivity index (χ0) is 15.2. The molecule has 1 atom stereocenters. The van der Waals surface area contributed by atoms with Crippen molar-refractivity contribution in [2.24, 2.45) is 5.92 Å². The fraction of sp³-hybridized carbons (Fsp3) is 0.684. The number of ether oxygens (including phenoxy) is 1. The Balaban J connectivity index is 1.80. The van der Waals surface area contributed by atoms with E-state index in [1.807, 2.05) is 0 Å². The number of carbonyl (C=O) groups is 1. The van der Waals surface area contributed by atoms with Gasteiger partial charge in [-0.15, -0.1) is 0 Å². The molecule has 0 bridgehead atoms. The molecule has 0 aromatic heterocycles. The minimum Gasteiger partial charge on any atom is -0.465 e. The molecule has 0 aliphatic heterocycles. The smallest absolute Gasteiger partial charge is 0.314 e. The van der Waals surface area contributed by atoms with Crippen molar-refractivity contribution in [2.45, 2.75) is 72.1 Å². The molecule has 0 N–H and O–H groups in total. The van der Waals surface area contributed by atoms with E-state index >= 15 is 0 Å². The molecule has 0 spiro atoms. The molecule has 21 heavy (non-hydrogen) atoms. The molecule has 0 heterocycles. The van der Waals surface area contributed by atoms with Gasteiger partial charge in [-0.2, -0.15) is 0 Å². The highest BCUT2D eigenvalue weighted by molar-refractivity contribution is 5.94. The van der Waals surface area contributed by atoms with Crippen molar-refractivity contribution in [1.29, 1.82) is 0 Å². The van der Waals surface area contributed by atoms with Gasteiger partial charge in [0.15, 0.2) is 0 Å². The van der Waals surface area contributed by atoms with Crippen LogP contribution in [0.3, 0.4) is 0 Å². The Hall–Kier alpha value is -0.530. The zero-order valence-electron chi connectivity index (χ0n) is 13.8. The summed E-state index contributed by atoms with van der Waals surface area (Å²) in [6, 6.07) is 0. The summed E-state index contributed by atoms with van der Waals surface area (Å²) >= 11 is 0. The summed E-state index contributed by atoms with van der Waals surface area (Å²) in [7, 11) is 0. The Morgan fingerprint density at radius 3 is 2.71 bits per heavy atom. The summed E-state index contributed by atoms with van der Waals surface area (Å²) < 4.78 is 5.60. The first-order valence-electron chi connectivity index (χ1n) is 8.62. The molecule has 5 radical (unpaired) electrons. The van der Waals surface area contributed by atoms with E-state index in [0.717, 1.165) is 37.5 Å². The van der Waals surface area contributed by atoms with Gasteiger partial charge in [0, 0.05) is 0 Å². The third kappa shape index (κ3) is 4.23. The van der Waals surface area contributed by atoms with E-state index in [0.29, 0.717) is 12.5 Å². The van der Waals surface area contributed by atoms with E-state index in [4.69, 9.17) is 4.74 Å². The first-order valence-corrected chi connectivity index (χ1v) is 8.62. The number of unbranched alkanes of at least 4 members (excludes halogenated alkanes) is 1. The van der Waals surface area contributed by atoms with Crippen LogP contribution in [-0.2, 0) is 9.53 Å². The molecule has 2 saturated carbocycles. The Morgan fingerprint density at radius 1 is 1.29 bits per heavy atom. The Morgan fingerprint density at radius 2 is 2.05 bits per heavy atom. The molecule has 0 aromatic rings. The highest BCUT2D eigenvalue weighted by Gasteiger charge is 2.47. The molecule has 1 unspecified atom stereocenters. The van der Waals surface area contributed by atoms with Gasteiger partial charge in [0.25, 0.3) is 0 Å². The maximum atomic E-state index is 12.4.